The van der Waals surface area contributed by atoms with Crippen molar-refractivity contribution >= 4 is 17.7 Å². The van der Waals surface area contributed by atoms with Crippen LogP contribution in [0, 0.1) is 17.8 Å². The van der Waals surface area contributed by atoms with Crippen LogP contribution in [0.4, 0.5) is 0 Å². The monoisotopic (exact) mass is 335 g/mol. The van der Waals surface area contributed by atoms with Crippen LogP contribution in [-0.2, 0) is 14.4 Å². The minimum atomic E-state index is -0.0379. The predicted molar refractivity (Wildman–Crippen MR) is 90.0 cm³/mol. The van der Waals surface area contributed by atoms with Gasteiger partial charge in [-0.2, -0.15) is 0 Å². The summed E-state index contributed by atoms with van der Waals surface area (Å²) in [6.45, 7) is 8.00. The lowest BCUT2D eigenvalue weighted by molar-refractivity contribution is -0.150. The van der Waals surface area contributed by atoms with Crippen molar-refractivity contribution in [2.24, 2.45) is 17.8 Å². The highest BCUT2D eigenvalue weighted by Crippen LogP contribution is 2.26. The Labute approximate surface area is 144 Å². The molecule has 1 atom stereocenters. The van der Waals surface area contributed by atoms with Gasteiger partial charge < -0.3 is 14.7 Å². The van der Waals surface area contributed by atoms with Crippen molar-refractivity contribution in [3.05, 3.63) is 0 Å². The van der Waals surface area contributed by atoms with E-state index in [9.17, 15) is 14.4 Å². The quantitative estimate of drug-likeness (QED) is 0.755. The van der Waals surface area contributed by atoms with Crippen molar-refractivity contribution in [3.63, 3.8) is 0 Å². The maximum Gasteiger partial charge on any atom is 0.229 e. The zero-order valence-electron chi connectivity index (χ0n) is 14.9. The first-order valence-corrected chi connectivity index (χ1v) is 9.28. The van der Waals surface area contributed by atoms with Gasteiger partial charge in [-0.15, -0.1) is 0 Å². The average molecular weight is 335 g/mol. The summed E-state index contributed by atoms with van der Waals surface area (Å²) in [6.07, 6.45) is 3.88. The molecule has 3 aliphatic rings. The Balaban J connectivity index is 1.45. The third-order valence-electron chi connectivity index (χ3n) is 5.80. The highest BCUT2D eigenvalue weighted by atomic mass is 16.2. The smallest absolute Gasteiger partial charge is 0.229 e. The Hall–Kier alpha value is -1.59. The van der Waals surface area contributed by atoms with Gasteiger partial charge in [0.15, 0.2) is 0 Å². The first-order chi connectivity index (χ1) is 11.5. The number of carbonyl (C=O) groups is 3. The molecule has 0 N–H and O–H groups in total. The van der Waals surface area contributed by atoms with E-state index in [4.69, 9.17) is 0 Å². The molecule has 3 saturated heterocycles. The average Bonchev–Trinajstić information content (AvgIpc) is 2.52. The molecule has 3 amide bonds. The van der Waals surface area contributed by atoms with Gasteiger partial charge in [0.05, 0.1) is 5.92 Å². The lowest BCUT2D eigenvalue weighted by atomic mass is 9.91. The summed E-state index contributed by atoms with van der Waals surface area (Å²) in [5.74, 6) is 1.13. The molecule has 134 valence electrons. The largest absolute Gasteiger partial charge is 0.342 e. The number of nitrogens with zero attached hydrogens (tertiary/aromatic N) is 3. The van der Waals surface area contributed by atoms with Gasteiger partial charge in [-0.25, -0.2) is 0 Å². The summed E-state index contributed by atoms with van der Waals surface area (Å²) < 4.78 is 0. The summed E-state index contributed by atoms with van der Waals surface area (Å²) >= 11 is 0. The van der Waals surface area contributed by atoms with Gasteiger partial charge in [-0.1, -0.05) is 6.92 Å². The lowest BCUT2D eigenvalue weighted by Crippen LogP contribution is -2.57. The van der Waals surface area contributed by atoms with Gasteiger partial charge in [-0.05, 0) is 31.6 Å². The zero-order chi connectivity index (χ0) is 17.3. The van der Waals surface area contributed by atoms with Crippen molar-refractivity contribution < 1.29 is 14.4 Å². The molecule has 3 rings (SSSR count). The van der Waals surface area contributed by atoms with E-state index < -0.39 is 0 Å². The predicted octanol–water partition coefficient (Wildman–Crippen LogP) is 0.962. The molecule has 3 fully saturated rings. The van der Waals surface area contributed by atoms with E-state index in [1.54, 1.807) is 11.8 Å². The number of rotatable bonds is 2. The number of hydrogen-bond acceptors (Lipinski definition) is 3. The van der Waals surface area contributed by atoms with E-state index in [-0.39, 0.29) is 23.7 Å². The topological polar surface area (TPSA) is 60.9 Å². The highest BCUT2D eigenvalue weighted by molar-refractivity contribution is 5.84. The number of amides is 3. The van der Waals surface area contributed by atoms with Gasteiger partial charge in [-0.3, -0.25) is 14.4 Å². The first-order valence-electron chi connectivity index (χ1n) is 9.28. The molecular weight excluding hydrogens is 306 g/mol. The van der Waals surface area contributed by atoms with E-state index in [0.717, 1.165) is 32.4 Å². The van der Waals surface area contributed by atoms with Crippen LogP contribution in [0.15, 0.2) is 0 Å². The molecular formula is C18H29N3O3. The molecule has 0 spiro atoms. The third-order valence-corrected chi connectivity index (χ3v) is 5.80. The molecule has 3 heterocycles. The Kier molecular flexibility index (Phi) is 5.11. The molecule has 0 aromatic heterocycles. The molecule has 0 bridgehead atoms. The second kappa shape index (κ2) is 7.11. The van der Waals surface area contributed by atoms with Crippen molar-refractivity contribution in [2.75, 3.05) is 39.3 Å². The SMILES string of the molecule is CC(=O)N1CC(C(=O)N2CCC(C(=O)N3CCC[C@H](C)C3)CC2)C1. The fourth-order valence-corrected chi connectivity index (χ4v) is 4.14. The first kappa shape index (κ1) is 17.2. The van der Waals surface area contributed by atoms with E-state index in [0.29, 0.717) is 38.0 Å². The molecule has 0 aliphatic carbocycles. The number of piperidine rings is 2. The minimum absolute atomic E-state index is 0.0379. The fourth-order valence-electron chi connectivity index (χ4n) is 4.14. The molecule has 0 saturated carbocycles. The van der Waals surface area contributed by atoms with Crippen molar-refractivity contribution in [2.45, 2.75) is 39.5 Å². The van der Waals surface area contributed by atoms with Gasteiger partial charge in [0.1, 0.15) is 0 Å². The van der Waals surface area contributed by atoms with Crippen LogP contribution in [-0.4, -0.2) is 71.7 Å². The van der Waals surface area contributed by atoms with Gasteiger partial charge in [0, 0.05) is 52.1 Å². The van der Waals surface area contributed by atoms with E-state index in [1.165, 1.54) is 6.42 Å². The Bertz CT molecular complexity index is 508. The summed E-state index contributed by atoms with van der Waals surface area (Å²) in [7, 11) is 0. The molecule has 3 aliphatic heterocycles. The molecule has 0 aromatic rings. The number of likely N-dealkylation sites (tertiary alicyclic amines) is 3. The Morgan fingerprint density at radius 2 is 1.38 bits per heavy atom. The van der Waals surface area contributed by atoms with E-state index >= 15 is 0 Å². The van der Waals surface area contributed by atoms with Crippen LogP contribution < -0.4 is 0 Å². The molecule has 0 radical (unpaired) electrons. The van der Waals surface area contributed by atoms with Gasteiger partial charge in [0.25, 0.3) is 0 Å². The van der Waals surface area contributed by atoms with Crippen LogP contribution >= 0.6 is 0 Å². The maximum absolute atomic E-state index is 12.7. The number of hydrogen-bond donors (Lipinski definition) is 0. The van der Waals surface area contributed by atoms with Crippen LogP contribution in [0.1, 0.15) is 39.5 Å². The second-order valence-corrected chi connectivity index (χ2v) is 7.75. The molecule has 0 aromatic carbocycles. The summed E-state index contributed by atoms with van der Waals surface area (Å²) in [6, 6.07) is 0. The number of carbonyl (C=O) groups excluding carboxylic acids is 3. The van der Waals surface area contributed by atoms with Crippen molar-refractivity contribution in [3.8, 4) is 0 Å². The Morgan fingerprint density at radius 3 is 1.96 bits per heavy atom. The van der Waals surface area contributed by atoms with Crippen molar-refractivity contribution in [1.82, 2.24) is 14.7 Å². The molecule has 0 unspecified atom stereocenters. The van der Waals surface area contributed by atoms with Crippen LogP contribution in [0.25, 0.3) is 0 Å². The molecule has 6 nitrogen and oxygen atoms in total. The molecule has 6 heteroatoms. The van der Waals surface area contributed by atoms with Gasteiger partial charge >= 0.3 is 0 Å². The van der Waals surface area contributed by atoms with E-state index in [1.807, 2.05) is 9.80 Å². The lowest BCUT2D eigenvalue weighted by Gasteiger charge is -2.42. The second-order valence-electron chi connectivity index (χ2n) is 7.75. The van der Waals surface area contributed by atoms with Crippen LogP contribution in [0.5, 0.6) is 0 Å². The van der Waals surface area contributed by atoms with Crippen LogP contribution in [0.2, 0.25) is 0 Å². The standard InChI is InChI=1S/C18H29N3O3/c1-13-4-3-7-20(10-13)17(23)15-5-8-19(9-6-15)18(24)16-11-21(12-16)14(2)22/h13,15-16H,3-12H2,1-2H3/t13-/m0/s1. The van der Waals surface area contributed by atoms with Crippen molar-refractivity contribution in [1.29, 1.82) is 0 Å². The molecule has 24 heavy (non-hydrogen) atoms. The normalized spacial score (nSPS) is 26.2. The third kappa shape index (κ3) is 3.57. The van der Waals surface area contributed by atoms with E-state index in [2.05, 4.69) is 6.92 Å². The summed E-state index contributed by atoms with van der Waals surface area (Å²) in [5, 5.41) is 0. The van der Waals surface area contributed by atoms with Gasteiger partial charge in [0.2, 0.25) is 17.7 Å². The maximum atomic E-state index is 12.7. The van der Waals surface area contributed by atoms with Crippen LogP contribution in [0.3, 0.4) is 0 Å². The minimum Gasteiger partial charge on any atom is -0.342 e. The Morgan fingerprint density at radius 1 is 0.750 bits per heavy atom. The highest BCUT2D eigenvalue weighted by Gasteiger charge is 2.38. The summed E-state index contributed by atoms with van der Waals surface area (Å²) in [4.78, 5) is 42.0. The fraction of sp³-hybridized carbons (Fsp3) is 0.833. The summed E-state index contributed by atoms with van der Waals surface area (Å²) in [5.41, 5.74) is 0. The zero-order valence-corrected chi connectivity index (χ0v) is 14.9.